The van der Waals surface area contributed by atoms with Crippen molar-refractivity contribution in [3.63, 3.8) is 0 Å². The Bertz CT molecular complexity index is 691. The van der Waals surface area contributed by atoms with Gasteiger partial charge in [-0.1, -0.05) is 36.4 Å². The largest absolute Gasteiger partial charge is 0.508 e. The number of nitrogens with zero attached hydrogens (tertiary/aromatic N) is 1. The molecule has 2 aromatic rings. The Balaban J connectivity index is 1.56. The number of aliphatic hydroxyl groups excluding tert-OH is 1. The van der Waals surface area contributed by atoms with Crippen molar-refractivity contribution in [1.29, 1.82) is 0 Å². The molecule has 26 heavy (non-hydrogen) atoms. The van der Waals surface area contributed by atoms with E-state index in [0.717, 1.165) is 29.8 Å². The predicted molar refractivity (Wildman–Crippen MR) is 99.8 cm³/mol. The van der Waals surface area contributed by atoms with Crippen LogP contribution in [0.2, 0.25) is 0 Å². The van der Waals surface area contributed by atoms with E-state index < -0.39 is 11.7 Å². The second-order valence-electron chi connectivity index (χ2n) is 7.07. The van der Waals surface area contributed by atoms with Gasteiger partial charge in [0.2, 0.25) is 0 Å². The van der Waals surface area contributed by atoms with E-state index in [0.29, 0.717) is 26.0 Å². The van der Waals surface area contributed by atoms with Crippen LogP contribution in [0, 0.1) is 0 Å². The molecule has 0 saturated carbocycles. The average Bonchev–Trinajstić information content (AvgIpc) is 2.65. The van der Waals surface area contributed by atoms with E-state index in [1.54, 1.807) is 31.4 Å². The van der Waals surface area contributed by atoms with Gasteiger partial charge in [0.25, 0.3) is 0 Å². The Hall–Kier alpha value is -1.92. The summed E-state index contributed by atoms with van der Waals surface area (Å²) in [7, 11) is 1.67. The van der Waals surface area contributed by atoms with Crippen molar-refractivity contribution in [2.75, 3.05) is 26.7 Å². The lowest BCUT2D eigenvalue weighted by Crippen LogP contribution is -2.43. The zero-order valence-corrected chi connectivity index (χ0v) is 15.1. The van der Waals surface area contributed by atoms with Crippen LogP contribution >= 0.6 is 0 Å². The number of methoxy groups -OCH3 is 1. The fourth-order valence-electron chi connectivity index (χ4n) is 3.52. The molecule has 1 saturated heterocycles. The van der Waals surface area contributed by atoms with Gasteiger partial charge >= 0.3 is 0 Å². The zero-order chi connectivity index (χ0) is 18.6. The molecular weight excluding hydrogens is 330 g/mol. The van der Waals surface area contributed by atoms with E-state index in [1.807, 2.05) is 24.3 Å². The first kappa shape index (κ1) is 18.9. The summed E-state index contributed by atoms with van der Waals surface area (Å²) in [6, 6.07) is 14.6. The number of ether oxygens (including phenoxy) is 1. The molecular formula is C21H27NO4. The standard InChI is InChI=1S/C21H27NO4/c1-26-15-16-2-6-18(7-3-16)21(25)10-12-22(13-11-21)14-20(24)17-4-8-19(23)9-5-17/h2-9,20,23-25H,10-15H2,1H3. The number of β-amino-alcohol motifs (C(OH)–C–C–N with tert-alkyl or cyclic N) is 1. The van der Waals surface area contributed by atoms with Crippen molar-refractivity contribution in [1.82, 2.24) is 4.90 Å². The molecule has 5 nitrogen and oxygen atoms in total. The summed E-state index contributed by atoms with van der Waals surface area (Å²) in [5.41, 5.74) is 2.01. The maximum atomic E-state index is 11.0. The van der Waals surface area contributed by atoms with Crippen LogP contribution in [-0.2, 0) is 16.9 Å². The normalized spacial score (nSPS) is 18.6. The predicted octanol–water partition coefficient (Wildman–Crippen LogP) is 2.56. The van der Waals surface area contributed by atoms with E-state index in [9.17, 15) is 15.3 Å². The number of likely N-dealkylation sites (tertiary alicyclic amines) is 1. The van der Waals surface area contributed by atoms with Crippen LogP contribution in [-0.4, -0.2) is 47.0 Å². The number of hydrogen-bond donors (Lipinski definition) is 3. The van der Waals surface area contributed by atoms with Gasteiger partial charge in [0.05, 0.1) is 18.3 Å². The average molecular weight is 357 g/mol. The van der Waals surface area contributed by atoms with E-state index >= 15 is 0 Å². The third kappa shape index (κ3) is 4.43. The number of phenolic OH excluding ortho intramolecular Hbond substituents is 1. The highest BCUT2D eigenvalue weighted by molar-refractivity contribution is 5.28. The van der Waals surface area contributed by atoms with Gasteiger partial charge in [-0.05, 0) is 41.7 Å². The van der Waals surface area contributed by atoms with Crippen LogP contribution in [0.3, 0.4) is 0 Å². The van der Waals surface area contributed by atoms with Crippen molar-refractivity contribution in [2.45, 2.75) is 31.2 Å². The fourth-order valence-corrected chi connectivity index (χ4v) is 3.52. The number of rotatable bonds is 6. The topological polar surface area (TPSA) is 73.2 Å². The smallest absolute Gasteiger partial charge is 0.115 e. The number of benzene rings is 2. The lowest BCUT2D eigenvalue weighted by Gasteiger charge is -2.39. The van der Waals surface area contributed by atoms with Gasteiger partial charge in [0, 0.05) is 26.7 Å². The van der Waals surface area contributed by atoms with Crippen LogP contribution in [0.25, 0.3) is 0 Å². The van der Waals surface area contributed by atoms with Crippen LogP contribution < -0.4 is 0 Å². The first-order valence-electron chi connectivity index (χ1n) is 9.00. The molecule has 5 heteroatoms. The van der Waals surface area contributed by atoms with E-state index in [1.165, 1.54) is 0 Å². The lowest BCUT2D eigenvalue weighted by atomic mass is 9.84. The minimum Gasteiger partial charge on any atom is -0.508 e. The summed E-state index contributed by atoms with van der Waals surface area (Å²) >= 11 is 0. The lowest BCUT2D eigenvalue weighted by molar-refractivity contribution is -0.0345. The molecule has 140 valence electrons. The van der Waals surface area contributed by atoms with Gasteiger partial charge in [-0.2, -0.15) is 0 Å². The molecule has 1 aliphatic heterocycles. The molecule has 3 rings (SSSR count). The van der Waals surface area contributed by atoms with Crippen molar-refractivity contribution < 1.29 is 20.1 Å². The molecule has 3 N–H and O–H groups in total. The molecule has 1 fully saturated rings. The number of piperidine rings is 1. The van der Waals surface area contributed by atoms with Gasteiger partial charge in [-0.3, -0.25) is 0 Å². The summed E-state index contributed by atoms with van der Waals surface area (Å²) in [6.45, 7) is 2.55. The molecule has 1 unspecified atom stereocenters. The highest BCUT2D eigenvalue weighted by atomic mass is 16.5. The fraction of sp³-hybridized carbons (Fsp3) is 0.429. The first-order valence-corrected chi connectivity index (χ1v) is 9.00. The van der Waals surface area contributed by atoms with Crippen molar-refractivity contribution >= 4 is 0 Å². The van der Waals surface area contributed by atoms with Gasteiger partial charge in [0.1, 0.15) is 5.75 Å². The second kappa shape index (κ2) is 8.18. The molecule has 0 aromatic heterocycles. The second-order valence-corrected chi connectivity index (χ2v) is 7.07. The Kier molecular flexibility index (Phi) is 5.94. The minimum atomic E-state index is -0.814. The number of hydrogen-bond acceptors (Lipinski definition) is 5. The summed E-state index contributed by atoms with van der Waals surface area (Å²) in [6.07, 6.45) is 0.674. The van der Waals surface area contributed by atoms with Crippen LogP contribution in [0.4, 0.5) is 0 Å². The van der Waals surface area contributed by atoms with Gasteiger partial charge in [-0.25, -0.2) is 0 Å². The van der Waals surface area contributed by atoms with Crippen LogP contribution in [0.5, 0.6) is 5.75 Å². The number of aromatic hydroxyl groups is 1. The monoisotopic (exact) mass is 357 g/mol. The van der Waals surface area contributed by atoms with E-state index in [2.05, 4.69) is 4.90 Å². The van der Waals surface area contributed by atoms with Gasteiger partial charge in [0.15, 0.2) is 0 Å². The Labute approximate surface area is 154 Å². The quantitative estimate of drug-likeness (QED) is 0.741. The summed E-state index contributed by atoms with van der Waals surface area (Å²) in [5.74, 6) is 0.195. The summed E-state index contributed by atoms with van der Waals surface area (Å²) < 4.78 is 5.13. The molecule has 1 heterocycles. The summed E-state index contributed by atoms with van der Waals surface area (Å²) in [4.78, 5) is 2.17. The number of phenols is 1. The molecule has 1 aliphatic rings. The molecule has 0 amide bonds. The minimum absolute atomic E-state index is 0.195. The van der Waals surface area contributed by atoms with Crippen molar-refractivity contribution in [3.8, 4) is 5.75 Å². The molecule has 2 aromatic carbocycles. The highest BCUT2D eigenvalue weighted by Gasteiger charge is 2.34. The molecule has 0 spiro atoms. The van der Waals surface area contributed by atoms with Gasteiger partial charge in [-0.15, -0.1) is 0 Å². The maximum Gasteiger partial charge on any atom is 0.115 e. The van der Waals surface area contributed by atoms with Crippen molar-refractivity contribution in [2.24, 2.45) is 0 Å². The molecule has 1 atom stereocenters. The van der Waals surface area contributed by atoms with Crippen LogP contribution in [0.1, 0.15) is 35.6 Å². The maximum absolute atomic E-state index is 11.0. The third-order valence-electron chi connectivity index (χ3n) is 5.19. The number of aliphatic hydroxyl groups is 2. The third-order valence-corrected chi connectivity index (χ3v) is 5.19. The zero-order valence-electron chi connectivity index (χ0n) is 15.1. The van der Waals surface area contributed by atoms with Gasteiger partial charge < -0.3 is 25.0 Å². The highest BCUT2D eigenvalue weighted by Crippen LogP contribution is 2.33. The first-order chi connectivity index (χ1) is 12.5. The Morgan fingerprint density at radius 3 is 2.23 bits per heavy atom. The summed E-state index contributed by atoms with van der Waals surface area (Å²) in [5, 5.41) is 30.8. The van der Waals surface area contributed by atoms with Crippen LogP contribution in [0.15, 0.2) is 48.5 Å². The SMILES string of the molecule is COCc1ccc(C2(O)CCN(CC(O)c3ccc(O)cc3)CC2)cc1. The Morgan fingerprint density at radius 1 is 1.04 bits per heavy atom. The van der Waals surface area contributed by atoms with E-state index in [-0.39, 0.29) is 5.75 Å². The van der Waals surface area contributed by atoms with E-state index in [4.69, 9.17) is 4.74 Å². The molecule has 0 radical (unpaired) electrons. The Morgan fingerprint density at radius 2 is 1.65 bits per heavy atom. The van der Waals surface area contributed by atoms with Crippen molar-refractivity contribution in [3.05, 3.63) is 65.2 Å². The molecule has 0 aliphatic carbocycles. The molecule has 0 bridgehead atoms.